The topological polar surface area (TPSA) is 34.2 Å². The van der Waals surface area contributed by atoms with Crippen molar-refractivity contribution < 1.29 is 14.2 Å². The van der Waals surface area contributed by atoms with Crippen molar-refractivity contribution in [1.82, 2.24) is 4.90 Å². The van der Waals surface area contributed by atoms with Gasteiger partial charge in [-0.05, 0) is 23.8 Å². The van der Waals surface area contributed by atoms with E-state index in [1.807, 2.05) is 18.2 Å². The second kappa shape index (κ2) is 8.36. The van der Waals surface area contributed by atoms with Crippen molar-refractivity contribution in [3.8, 4) is 17.2 Å². The van der Waals surface area contributed by atoms with Gasteiger partial charge in [-0.25, -0.2) is 0 Å². The number of anilines is 1. The molecule has 0 amide bonds. The molecule has 26 heavy (non-hydrogen) atoms. The Balaban J connectivity index is 1.60. The summed E-state index contributed by atoms with van der Waals surface area (Å²) in [6, 6.07) is 12.1. The molecular formula is C20H25BN2O3. The van der Waals surface area contributed by atoms with Crippen molar-refractivity contribution in [3.63, 3.8) is 0 Å². The zero-order valence-corrected chi connectivity index (χ0v) is 15.7. The third-order valence-corrected chi connectivity index (χ3v) is 4.81. The number of nitrogens with zero attached hydrogens (tertiary/aromatic N) is 2. The van der Waals surface area contributed by atoms with Crippen LogP contribution in [0.5, 0.6) is 17.2 Å². The second-order valence-electron chi connectivity index (χ2n) is 6.38. The Hall–Kier alpha value is -2.34. The first-order valence-corrected chi connectivity index (χ1v) is 8.76. The van der Waals surface area contributed by atoms with E-state index in [1.165, 1.54) is 5.56 Å². The minimum Gasteiger partial charge on any atom is -0.497 e. The quantitative estimate of drug-likeness (QED) is 0.741. The molecule has 136 valence electrons. The summed E-state index contributed by atoms with van der Waals surface area (Å²) in [5, 5.41) is 0. The molecule has 2 aromatic carbocycles. The average molecular weight is 352 g/mol. The van der Waals surface area contributed by atoms with Crippen LogP contribution < -0.4 is 24.6 Å². The van der Waals surface area contributed by atoms with Gasteiger partial charge >= 0.3 is 0 Å². The second-order valence-corrected chi connectivity index (χ2v) is 6.38. The van der Waals surface area contributed by atoms with Gasteiger partial charge in [-0.15, -0.1) is 0 Å². The van der Waals surface area contributed by atoms with Crippen LogP contribution in [0.2, 0.25) is 0 Å². The summed E-state index contributed by atoms with van der Waals surface area (Å²) >= 11 is 0. The smallest absolute Gasteiger partial charge is 0.161 e. The van der Waals surface area contributed by atoms with Gasteiger partial charge in [-0.2, -0.15) is 0 Å². The molecule has 2 aromatic rings. The molecule has 2 radical (unpaired) electrons. The first-order valence-electron chi connectivity index (χ1n) is 8.76. The zero-order chi connectivity index (χ0) is 18.5. The number of benzene rings is 2. The fourth-order valence-corrected chi connectivity index (χ4v) is 3.30. The number of ether oxygens (including phenoxy) is 3. The minimum atomic E-state index is 0.670. The summed E-state index contributed by atoms with van der Waals surface area (Å²) in [4.78, 5) is 4.82. The predicted octanol–water partition coefficient (Wildman–Crippen LogP) is 1.83. The third kappa shape index (κ3) is 4.07. The Morgan fingerprint density at radius 2 is 1.50 bits per heavy atom. The Kier molecular flexibility index (Phi) is 5.94. The van der Waals surface area contributed by atoms with E-state index in [1.54, 1.807) is 21.3 Å². The molecule has 1 saturated heterocycles. The molecular weight excluding hydrogens is 327 g/mol. The van der Waals surface area contributed by atoms with Crippen molar-refractivity contribution in [3.05, 3.63) is 42.0 Å². The van der Waals surface area contributed by atoms with E-state index >= 15 is 0 Å². The highest BCUT2D eigenvalue weighted by Gasteiger charge is 2.18. The molecule has 3 rings (SSSR count). The SMILES string of the molecule is [B]c1ccc(N2CCN(Cc3ccc(OC)c(OC)c3)CC2)cc1OC. The summed E-state index contributed by atoms with van der Waals surface area (Å²) in [6.45, 7) is 4.85. The summed E-state index contributed by atoms with van der Waals surface area (Å²) in [7, 11) is 10.9. The van der Waals surface area contributed by atoms with Gasteiger partial charge in [0.15, 0.2) is 11.5 Å². The largest absolute Gasteiger partial charge is 0.497 e. The van der Waals surface area contributed by atoms with Crippen LogP contribution in [0.3, 0.4) is 0 Å². The molecule has 0 N–H and O–H groups in total. The third-order valence-electron chi connectivity index (χ3n) is 4.81. The molecule has 5 nitrogen and oxygen atoms in total. The van der Waals surface area contributed by atoms with Crippen molar-refractivity contribution in [2.24, 2.45) is 0 Å². The number of piperazine rings is 1. The molecule has 0 bridgehead atoms. The number of rotatable bonds is 6. The molecule has 0 saturated carbocycles. The van der Waals surface area contributed by atoms with E-state index < -0.39 is 0 Å². The first kappa shape index (κ1) is 18.5. The van der Waals surface area contributed by atoms with Gasteiger partial charge in [0.05, 0.1) is 21.3 Å². The average Bonchev–Trinajstić information content (AvgIpc) is 2.69. The van der Waals surface area contributed by atoms with Crippen LogP contribution in [-0.2, 0) is 6.54 Å². The van der Waals surface area contributed by atoms with Gasteiger partial charge in [0, 0.05) is 44.5 Å². The standard InChI is InChI=1S/C20H25BN2O3/c1-24-18-7-4-15(12-20(18)26-3)14-22-8-10-23(11-9-22)16-5-6-17(21)19(13-16)25-2/h4-7,12-13H,8-11,14H2,1-3H3. The lowest BCUT2D eigenvalue weighted by Gasteiger charge is -2.36. The van der Waals surface area contributed by atoms with Gasteiger partial charge in [0.25, 0.3) is 0 Å². The summed E-state index contributed by atoms with van der Waals surface area (Å²) in [5.74, 6) is 2.27. The van der Waals surface area contributed by atoms with E-state index in [0.29, 0.717) is 5.46 Å². The maximum Gasteiger partial charge on any atom is 0.161 e. The lowest BCUT2D eigenvalue weighted by atomic mass is 9.94. The summed E-state index contributed by atoms with van der Waals surface area (Å²) < 4.78 is 16.0. The molecule has 0 atom stereocenters. The van der Waals surface area contributed by atoms with Crippen LogP contribution in [-0.4, -0.2) is 60.3 Å². The molecule has 0 spiro atoms. The molecule has 0 unspecified atom stereocenters. The van der Waals surface area contributed by atoms with Gasteiger partial charge < -0.3 is 19.1 Å². The fraction of sp³-hybridized carbons (Fsp3) is 0.400. The van der Waals surface area contributed by atoms with Gasteiger partial charge in [0.1, 0.15) is 13.6 Å². The van der Waals surface area contributed by atoms with Crippen LogP contribution in [0.15, 0.2) is 36.4 Å². The van der Waals surface area contributed by atoms with Crippen molar-refractivity contribution >= 4 is 19.0 Å². The van der Waals surface area contributed by atoms with Crippen molar-refractivity contribution in [2.75, 3.05) is 52.4 Å². The predicted molar refractivity (Wildman–Crippen MR) is 105 cm³/mol. The lowest BCUT2D eigenvalue weighted by molar-refractivity contribution is 0.249. The molecule has 1 aliphatic heterocycles. The Morgan fingerprint density at radius 3 is 2.15 bits per heavy atom. The summed E-state index contributed by atoms with van der Waals surface area (Å²) in [5.41, 5.74) is 3.05. The molecule has 1 fully saturated rings. The lowest BCUT2D eigenvalue weighted by Crippen LogP contribution is -2.46. The normalized spacial score (nSPS) is 15.0. The molecule has 6 heteroatoms. The van der Waals surface area contributed by atoms with Crippen molar-refractivity contribution in [2.45, 2.75) is 6.54 Å². The maximum absolute atomic E-state index is 5.91. The van der Waals surface area contributed by atoms with E-state index in [9.17, 15) is 0 Å². The Labute approximate surface area is 156 Å². The van der Waals surface area contributed by atoms with Crippen LogP contribution in [0, 0.1) is 0 Å². The maximum atomic E-state index is 5.91. The molecule has 0 aromatic heterocycles. The Morgan fingerprint density at radius 1 is 0.808 bits per heavy atom. The highest BCUT2D eigenvalue weighted by molar-refractivity contribution is 6.34. The van der Waals surface area contributed by atoms with Crippen LogP contribution in [0.25, 0.3) is 0 Å². The first-order chi connectivity index (χ1) is 12.6. The number of hydrogen-bond donors (Lipinski definition) is 0. The van der Waals surface area contributed by atoms with Crippen LogP contribution in [0.4, 0.5) is 5.69 Å². The Bertz CT molecular complexity index is 746. The monoisotopic (exact) mass is 352 g/mol. The van der Waals surface area contributed by atoms with Crippen LogP contribution in [0.1, 0.15) is 5.56 Å². The fourth-order valence-electron chi connectivity index (χ4n) is 3.30. The minimum absolute atomic E-state index is 0.670. The van der Waals surface area contributed by atoms with Gasteiger partial charge in [-0.3, -0.25) is 4.90 Å². The van der Waals surface area contributed by atoms with Crippen LogP contribution >= 0.6 is 0 Å². The van der Waals surface area contributed by atoms with E-state index in [4.69, 9.17) is 22.1 Å². The van der Waals surface area contributed by atoms with E-state index in [-0.39, 0.29) is 0 Å². The zero-order valence-electron chi connectivity index (χ0n) is 15.7. The summed E-state index contributed by atoms with van der Waals surface area (Å²) in [6.07, 6.45) is 0. The highest BCUT2D eigenvalue weighted by atomic mass is 16.5. The van der Waals surface area contributed by atoms with Gasteiger partial charge in [-0.1, -0.05) is 17.6 Å². The molecule has 1 aliphatic rings. The molecule has 1 heterocycles. The number of methoxy groups -OCH3 is 3. The van der Waals surface area contributed by atoms with Crippen molar-refractivity contribution in [1.29, 1.82) is 0 Å². The van der Waals surface area contributed by atoms with E-state index in [0.717, 1.165) is 55.7 Å². The highest BCUT2D eigenvalue weighted by Crippen LogP contribution is 2.28. The van der Waals surface area contributed by atoms with E-state index in [2.05, 4.69) is 28.0 Å². The number of hydrogen-bond acceptors (Lipinski definition) is 5. The van der Waals surface area contributed by atoms with Gasteiger partial charge in [0.2, 0.25) is 0 Å². The molecule has 0 aliphatic carbocycles.